The van der Waals surface area contributed by atoms with E-state index in [0.29, 0.717) is 36.3 Å². The van der Waals surface area contributed by atoms with E-state index in [1.165, 1.54) is 18.2 Å². The molecule has 1 saturated carbocycles. The van der Waals surface area contributed by atoms with Crippen LogP contribution in [-0.4, -0.2) is 95.3 Å². The highest BCUT2D eigenvalue weighted by Gasteiger charge is 2.46. The first kappa shape index (κ1) is 29.9. The summed E-state index contributed by atoms with van der Waals surface area (Å²) in [6, 6.07) is 7.13. The Bertz CT molecular complexity index is 1560. The minimum atomic E-state index is -1.12. The number of hydrogen-bond donors (Lipinski definition) is 4. The fourth-order valence-electron chi connectivity index (χ4n) is 6.75. The number of rotatable bonds is 11. The van der Waals surface area contributed by atoms with Gasteiger partial charge in [-0.1, -0.05) is 19.9 Å². The quantitative estimate of drug-likeness (QED) is 0.204. The number of aryl methyl sites for hydroxylation is 1. The second-order valence-electron chi connectivity index (χ2n) is 13.2. The monoisotopic (exact) mass is 592 g/mol. The van der Waals surface area contributed by atoms with Gasteiger partial charge in [0.2, 0.25) is 0 Å². The largest absolute Gasteiger partial charge is 0.387 e. The summed E-state index contributed by atoms with van der Waals surface area (Å²) in [5.74, 6) is 1.91. The zero-order valence-corrected chi connectivity index (χ0v) is 25.6. The van der Waals surface area contributed by atoms with Crippen LogP contribution < -0.4 is 5.73 Å². The van der Waals surface area contributed by atoms with Gasteiger partial charge in [-0.2, -0.15) is 0 Å². The molecule has 5 N–H and O–H groups in total. The van der Waals surface area contributed by atoms with Gasteiger partial charge in [0, 0.05) is 37.6 Å². The van der Waals surface area contributed by atoms with Gasteiger partial charge in [0.05, 0.1) is 24.0 Å². The molecule has 4 atom stereocenters. The number of benzene rings is 1. The van der Waals surface area contributed by atoms with Crippen LogP contribution in [0, 0.1) is 5.92 Å². The van der Waals surface area contributed by atoms with E-state index in [1.54, 1.807) is 11.7 Å². The van der Waals surface area contributed by atoms with Crippen molar-refractivity contribution in [2.24, 2.45) is 5.92 Å². The molecule has 1 aliphatic heterocycles. The summed E-state index contributed by atoms with van der Waals surface area (Å²) in [5.41, 5.74) is 10.1. The van der Waals surface area contributed by atoms with Crippen molar-refractivity contribution in [1.82, 2.24) is 34.4 Å². The first-order chi connectivity index (χ1) is 20.6. The Kier molecular flexibility index (Phi) is 8.16. The number of nitrogen functional groups attached to an aromatic ring is 1. The molecule has 12 nitrogen and oxygen atoms in total. The number of H-pyrrole nitrogens is 1. The molecule has 0 amide bonds. The van der Waals surface area contributed by atoms with Crippen LogP contribution >= 0.6 is 0 Å². The topological polar surface area (TPSA) is 160 Å². The number of ether oxygens (including phenoxy) is 2. The number of aliphatic hydroxyl groups is 2. The third kappa shape index (κ3) is 5.74. The van der Waals surface area contributed by atoms with Gasteiger partial charge in [0.15, 0.2) is 17.7 Å². The van der Waals surface area contributed by atoms with Crippen molar-refractivity contribution in [3.8, 4) is 0 Å². The number of imidazole rings is 2. The maximum atomic E-state index is 11.0. The lowest BCUT2D eigenvalue weighted by atomic mass is 9.76. The van der Waals surface area contributed by atoms with E-state index in [1.807, 2.05) is 0 Å². The molecule has 2 aliphatic rings. The predicted molar refractivity (Wildman–Crippen MR) is 163 cm³/mol. The lowest BCUT2D eigenvalue weighted by Crippen LogP contribution is -2.52. The Balaban J connectivity index is 1.05. The molecule has 4 heterocycles. The molecule has 232 valence electrons. The van der Waals surface area contributed by atoms with Gasteiger partial charge in [0.1, 0.15) is 36.0 Å². The minimum Gasteiger partial charge on any atom is -0.387 e. The van der Waals surface area contributed by atoms with Crippen LogP contribution in [0.15, 0.2) is 30.9 Å². The smallest absolute Gasteiger partial charge is 0.167 e. The summed E-state index contributed by atoms with van der Waals surface area (Å²) in [7, 11) is 1.74. The normalized spacial score (nSPS) is 26.3. The van der Waals surface area contributed by atoms with Gasteiger partial charge < -0.3 is 30.4 Å². The number of aliphatic hydroxyl groups excluding tert-OH is 2. The summed E-state index contributed by atoms with van der Waals surface area (Å²) in [6.45, 7) is 9.90. The summed E-state index contributed by atoms with van der Waals surface area (Å²) >= 11 is 0. The second-order valence-corrected chi connectivity index (χ2v) is 13.2. The molecule has 1 saturated heterocycles. The molecule has 1 aromatic carbocycles. The van der Waals surface area contributed by atoms with E-state index in [2.05, 4.69) is 70.7 Å². The fraction of sp³-hybridized carbons (Fsp3) is 0.613. The van der Waals surface area contributed by atoms with Crippen molar-refractivity contribution in [3.05, 3.63) is 42.2 Å². The number of aromatic amines is 1. The van der Waals surface area contributed by atoms with Crippen LogP contribution in [-0.2, 0) is 21.3 Å². The number of methoxy groups -OCH3 is 1. The van der Waals surface area contributed by atoms with E-state index >= 15 is 0 Å². The molecule has 0 bridgehead atoms. The van der Waals surface area contributed by atoms with Crippen molar-refractivity contribution in [2.75, 3.05) is 26.0 Å². The Morgan fingerprint density at radius 1 is 1.19 bits per heavy atom. The highest BCUT2D eigenvalue weighted by Crippen LogP contribution is 2.38. The Morgan fingerprint density at radius 3 is 2.72 bits per heavy atom. The SMILES string of the molecule is COCC(C)(C)c1ccc2[nH]c(CC[C@H]3C[C@H](N(C[C@H]4O[C@@H](n5cnc6c(N)ncnc65)[C@H](O)[C@@H]4O)C(C)C)C3)nc2c1. The van der Waals surface area contributed by atoms with Gasteiger partial charge in [-0.15, -0.1) is 0 Å². The van der Waals surface area contributed by atoms with Gasteiger partial charge in [-0.25, -0.2) is 19.9 Å². The number of aromatic nitrogens is 6. The molecular weight excluding hydrogens is 548 g/mol. The summed E-state index contributed by atoms with van der Waals surface area (Å²) in [4.78, 5) is 23.3. The number of nitrogens with one attached hydrogen (secondary N) is 1. The molecule has 0 spiro atoms. The lowest BCUT2D eigenvalue weighted by Gasteiger charge is -2.46. The van der Waals surface area contributed by atoms with Crippen LogP contribution in [0.3, 0.4) is 0 Å². The predicted octanol–water partition coefficient (Wildman–Crippen LogP) is 2.95. The molecule has 2 fully saturated rings. The average molecular weight is 593 g/mol. The number of fused-ring (bicyclic) bond motifs is 2. The van der Waals surface area contributed by atoms with Crippen molar-refractivity contribution in [1.29, 1.82) is 0 Å². The third-order valence-electron chi connectivity index (χ3n) is 9.34. The number of anilines is 1. The van der Waals surface area contributed by atoms with E-state index in [4.69, 9.17) is 20.2 Å². The van der Waals surface area contributed by atoms with Gasteiger partial charge in [-0.3, -0.25) is 9.47 Å². The molecule has 6 rings (SSSR count). The van der Waals surface area contributed by atoms with E-state index in [9.17, 15) is 10.2 Å². The highest BCUT2D eigenvalue weighted by atomic mass is 16.6. The molecular formula is C31H44N8O4. The maximum Gasteiger partial charge on any atom is 0.167 e. The fourth-order valence-corrected chi connectivity index (χ4v) is 6.75. The molecule has 12 heteroatoms. The second kappa shape index (κ2) is 11.7. The molecule has 0 radical (unpaired) electrons. The number of nitrogens with two attached hydrogens (primary N) is 1. The zero-order valence-electron chi connectivity index (χ0n) is 25.6. The zero-order chi connectivity index (χ0) is 30.5. The molecule has 0 unspecified atom stereocenters. The van der Waals surface area contributed by atoms with E-state index in [0.717, 1.165) is 42.5 Å². The molecule has 4 aromatic rings. The lowest BCUT2D eigenvalue weighted by molar-refractivity contribution is -0.0620. The van der Waals surface area contributed by atoms with Gasteiger partial charge >= 0.3 is 0 Å². The summed E-state index contributed by atoms with van der Waals surface area (Å²) < 4.78 is 13.3. The number of nitrogens with zero attached hydrogens (tertiary/aromatic N) is 6. The van der Waals surface area contributed by atoms with Crippen molar-refractivity contribution in [2.45, 2.75) is 95.4 Å². The average Bonchev–Trinajstić information content (AvgIpc) is 3.63. The van der Waals surface area contributed by atoms with Crippen molar-refractivity contribution < 1.29 is 19.7 Å². The molecule has 43 heavy (non-hydrogen) atoms. The van der Waals surface area contributed by atoms with Crippen molar-refractivity contribution in [3.63, 3.8) is 0 Å². The van der Waals surface area contributed by atoms with Crippen molar-refractivity contribution >= 4 is 28.0 Å². The number of hydrogen-bond acceptors (Lipinski definition) is 10. The highest BCUT2D eigenvalue weighted by molar-refractivity contribution is 5.81. The van der Waals surface area contributed by atoms with Crippen LogP contribution in [0.5, 0.6) is 0 Å². The Labute approximate surface area is 251 Å². The van der Waals surface area contributed by atoms with Crippen LogP contribution in [0.4, 0.5) is 5.82 Å². The standard InChI is InChI=1S/C31H44N8O4/c1-17(2)38(13-23-26(40)27(41)30(43-23)39-16-35-25-28(32)33-15-34-29(25)39)20-10-18(11-20)6-9-24-36-21-8-7-19(12-22(21)37-24)31(3,4)14-42-5/h7-8,12,15-18,20,23,26-27,30,40-41H,6,9-11,13-14H2,1-5H3,(H,36,37)(H2,32,33,34)/t18-,20-,23-,26-,27-,30-/m1/s1. The first-order valence-corrected chi connectivity index (χ1v) is 15.2. The Morgan fingerprint density at radius 2 is 1.98 bits per heavy atom. The van der Waals surface area contributed by atoms with Gasteiger partial charge in [-0.05, 0) is 56.7 Å². The summed E-state index contributed by atoms with van der Waals surface area (Å²) in [5, 5.41) is 21.9. The van der Waals surface area contributed by atoms with Crippen LogP contribution in [0.2, 0.25) is 0 Å². The minimum absolute atomic E-state index is 0.0683. The first-order valence-electron chi connectivity index (χ1n) is 15.2. The van der Waals surface area contributed by atoms with E-state index < -0.39 is 24.5 Å². The third-order valence-corrected chi connectivity index (χ3v) is 9.34. The summed E-state index contributed by atoms with van der Waals surface area (Å²) in [6.07, 6.45) is 3.53. The van der Waals surface area contributed by atoms with Crippen LogP contribution in [0.25, 0.3) is 22.2 Å². The van der Waals surface area contributed by atoms with Gasteiger partial charge in [0.25, 0.3) is 0 Å². The van der Waals surface area contributed by atoms with E-state index in [-0.39, 0.29) is 17.3 Å². The maximum absolute atomic E-state index is 11.0. The molecule has 3 aromatic heterocycles. The Hall–Kier alpha value is -3.16. The molecule has 1 aliphatic carbocycles. The van der Waals surface area contributed by atoms with Crippen LogP contribution in [0.1, 0.15) is 64.6 Å².